The molecule has 0 aliphatic carbocycles. The molecule has 0 radical (unpaired) electrons. The number of nitrogens with two attached hydrogens (primary N) is 1. The summed E-state index contributed by atoms with van der Waals surface area (Å²) in [6.45, 7) is -3.07. The molecule has 5 nitrogen and oxygen atoms in total. The summed E-state index contributed by atoms with van der Waals surface area (Å²) in [6.07, 6.45) is -1.62. The van der Waals surface area contributed by atoms with Crippen molar-refractivity contribution < 1.29 is 28.5 Å². The number of carbonyl (C=O) groups is 1. The zero-order chi connectivity index (χ0) is 13.0. The molecule has 1 aromatic rings. The first-order valence-electron chi connectivity index (χ1n) is 4.63. The van der Waals surface area contributed by atoms with E-state index in [0.717, 1.165) is 0 Å². The first-order valence-corrected chi connectivity index (χ1v) is 4.63. The molecule has 0 bridgehead atoms. The monoisotopic (exact) mass is 247 g/mol. The Morgan fingerprint density at radius 2 is 1.94 bits per heavy atom. The lowest BCUT2D eigenvalue weighted by molar-refractivity contribution is -0.141. The molecule has 0 unspecified atom stereocenters. The van der Waals surface area contributed by atoms with Crippen molar-refractivity contribution >= 4 is 5.97 Å². The minimum Gasteiger partial charge on any atom is -0.480 e. The molecule has 0 aliphatic heterocycles. The minimum atomic E-state index is -3.07. The van der Waals surface area contributed by atoms with E-state index in [1.165, 1.54) is 24.3 Å². The topological polar surface area (TPSA) is 92.8 Å². The van der Waals surface area contributed by atoms with Crippen molar-refractivity contribution in [2.75, 3.05) is 0 Å². The first-order chi connectivity index (χ1) is 7.93. The molecule has 4 N–H and O–H groups in total. The van der Waals surface area contributed by atoms with E-state index in [0.29, 0.717) is 0 Å². The van der Waals surface area contributed by atoms with Crippen molar-refractivity contribution in [3.8, 4) is 5.75 Å². The molecule has 17 heavy (non-hydrogen) atoms. The third kappa shape index (κ3) is 3.36. The Balaban J connectivity index is 3.00. The summed E-state index contributed by atoms with van der Waals surface area (Å²) in [5, 5.41) is 18.2. The van der Waals surface area contributed by atoms with E-state index >= 15 is 0 Å². The van der Waals surface area contributed by atoms with Crippen LogP contribution < -0.4 is 10.5 Å². The maximum atomic E-state index is 12.1. The van der Waals surface area contributed by atoms with Crippen LogP contribution >= 0.6 is 0 Å². The largest absolute Gasteiger partial charge is 0.480 e. The number of aliphatic hydroxyl groups is 1. The number of alkyl halides is 2. The van der Waals surface area contributed by atoms with Gasteiger partial charge >= 0.3 is 12.6 Å². The van der Waals surface area contributed by atoms with E-state index < -0.39 is 24.7 Å². The average molecular weight is 247 g/mol. The first kappa shape index (κ1) is 13.3. The zero-order valence-electron chi connectivity index (χ0n) is 8.59. The Bertz CT molecular complexity index is 400. The van der Waals surface area contributed by atoms with Crippen molar-refractivity contribution in [1.82, 2.24) is 0 Å². The van der Waals surface area contributed by atoms with Crippen LogP contribution in [0.5, 0.6) is 5.75 Å². The van der Waals surface area contributed by atoms with Gasteiger partial charge in [0.05, 0.1) is 0 Å². The number of para-hydroxylation sites is 1. The molecule has 0 saturated heterocycles. The SMILES string of the molecule is N[C@H](C(=O)O)[C@H](O)c1ccccc1OC(F)F. The molecule has 0 aromatic heterocycles. The van der Waals surface area contributed by atoms with Crippen LogP contribution in [-0.2, 0) is 4.79 Å². The van der Waals surface area contributed by atoms with Gasteiger partial charge in [-0.2, -0.15) is 8.78 Å². The molecule has 0 spiro atoms. The van der Waals surface area contributed by atoms with Crippen molar-refractivity contribution in [2.24, 2.45) is 5.73 Å². The molecular formula is C10H11F2NO4. The normalized spacial score (nSPS) is 14.4. The van der Waals surface area contributed by atoms with Crippen molar-refractivity contribution in [3.05, 3.63) is 29.8 Å². The van der Waals surface area contributed by atoms with Gasteiger partial charge < -0.3 is 20.7 Å². The number of benzene rings is 1. The molecule has 2 atom stereocenters. The second-order valence-corrected chi connectivity index (χ2v) is 3.23. The van der Waals surface area contributed by atoms with Crippen LogP contribution in [0.2, 0.25) is 0 Å². The molecule has 1 rings (SSSR count). The smallest absolute Gasteiger partial charge is 0.387 e. The van der Waals surface area contributed by atoms with Crippen LogP contribution in [0, 0.1) is 0 Å². The molecule has 0 fully saturated rings. The Hall–Kier alpha value is -1.73. The molecule has 7 heteroatoms. The third-order valence-corrected chi connectivity index (χ3v) is 2.08. The van der Waals surface area contributed by atoms with E-state index in [-0.39, 0.29) is 11.3 Å². The average Bonchev–Trinajstić information content (AvgIpc) is 2.27. The molecule has 1 aromatic carbocycles. The summed E-state index contributed by atoms with van der Waals surface area (Å²) in [4.78, 5) is 10.6. The standard InChI is InChI=1S/C10H11F2NO4/c11-10(12)17-6-4-2-1-3-5(6)8(14)7(13)9(15)16/h1-4,7-8,10,14H,13H2,(H,15,16)/t7-,8+/m0/s1. The number of hydrogen-bond donors (Lipinski definition) is 3. The zero-order valence-corrected chi connectivity index (χ0v) is 8.59. The summed E-state index contributed by atoms with van der Waals surface area (Å²) < 4.78 is 28.3. The van der Waals surface area contributed by atoms with Gasteiger partial charge in [0.25, 0.3) is 0 Å². The van der Waals surface area contributed by atoms with Gasteiger partial charge in [0, 0.05) is 5.56 Å². The van der Waals surface area contributed by atoms with E-state index in [1.54, 1.807) is 0 Å². The predicted octanol–water partition coefficient (Wildman–Crippen LogP) is 0.733. The van der Waals surface area contributed by atoms with Crippen molar-refractivity contribution in [2.45, 2.75) is 18.8 Å². The summed E-state index contributed by atoms with van der Waals surface area (Å²) in [7, 11) is 0. The predicted molar refractivity (Wildman–Crippen MR) is 53.6 cm³/mol. The maximum absolute atomic E-state index is 12.1. The Morgan fingerprint density at radius 3 is 2.47 bits per heavy atom. The fourth-order valence-electron chi connectivity index (χ4n) is 1.26. The molecule has 0 aliphatic rings. The molecular weight excluding hydrogens is 236 g/mol. The van der Waals surface area contributed by atoms with Gasteiger partial charge in [-0.05, 0) is 6.07 Å². The van der Waals surface area contributed by atoms with Crippen molar-refractivity contribution in [1.29, 1.82) is 0 Å². The number of aliphatic carboxylic acids is 1. The van der Waals surface area contributed by atoms with Crippen LogP contribution in [0.25, 0.3) is 0 Å². The van der Waals surface area contributed by atoms with Gasteiger partial charge in [-0.1, -0.05) is 18.2 Å². The maximum Gasteiger partial charge on any atom is 0.387 e. The minimum absolute atomic E-state index is 0.0947. The lowest BCUT2D eigenvalue weighted by Gasteiger charge is -2.18. The molecule has 0 amide bonds. The molecule has 0 heterocycles. The summed E-state index contributed by atoms with van der Waals surface area (Å²) >= 11 is 0. The number of carboxylic acid groups (broad SMARTS) is 1. The van der Waals surface area contributed by atoms with Crippen LogP contribution in [-0.4, -0.2) is 28.8 Å². The number of ether oxygens (including phenoxy) is 1. The summed E-state index contributed by atoms with van der Waals surface area (Å²) in [5.74, 6) is -1.74. The number of rotatable bonds is 5. The highest BCUT2D eigenvalue weighted by Crippen LogP contribution is 2.27. The van der Waals surface area contributed by atoms with Gasteiger partial charge in [0.15, 0.2) is 0 Å². The van der Waals surface area contributed by atoms with Crippen LogP contribution in [0.15, 0.2) is 24.3 Å². The number of halogens is 2. The number of aliphatic hydroxyl groups excluding tert-OH is 1. The second kappa shape index (κ2) is 5.55. The highest BCUT2D eigenvalue weighted by molar-refractivity contribution is 5.74. The second-order valence-electron chi connectivity index (χ2n) is 3.23. The van der Waals surface area contributed by atoms with Gasteiger partial charge in [-0.15, -0.1) is 0 Å². The number of carboxylic acids is 1. The van der Waals surface area contributed by atoms with Gasteiger partial charge in [-0.3, -0.25) is 4.79 Å². The number of hydrogen-bond acceptors (Lipinski definition) is 4. The van der Waals surface area contributed by atoms with Gasteiger partial charge in [0.1, 0.15) is 17.9 Å². The highest BCUT2D eigenvalue weighted by Gasteiger charge is 2.26. The summed E-state index contributed by atoms with van der Waals surface area (Å²) in [5.41, 5.74) is 5.10. The van der Waals surface area contributed by atoms with E-state index in [4.69, 9.17) is 10.8 Å². The van der Waals surface area contributed by atoms with Crippen LogP contribution in [0.3, 0.4) is 0 Å². The molecule has 0 saturated carbocycles. The highest BCUT2D eigenvalue weighted by atomic mass is 19.3. The van der Waals surface area contributed by atoms with Crippen LogP contribution in [0.1, 0.15) is 11.7 Å². The van der Waals surface area contributed by atoms with Crippen LogP contribution in [0.4, 0.5) is 8.78 Å². The van der Waals surface area contributed by atoms with E-state index in [9.17, 15) is 18.7 Å². The quantitative estimate of drug-likeness (QED) is 0.713. The Morgan fingerprint density at radius 1 is 1.35 bits per heavy atom. The van der Waals surface area contributed by atoms with Crippen molar-refractivity contribution in [3.63, 3.8) is 0 Å². The molecule has 94 valence electrons. The summed E-state index contributed by atoms with van der Waals surface area (Å²) in [6, 6.07) is 3.72. The van der Waals surface area contributed by atoms with Gasteiger partial charge in [-0.25, -0.2) is 0 Å². The Labute approximate surface area is 95.4 Å². The Kier molecular flexibility index (Phi) is 4.36. The van der Waals surface area contributed by atoms with E-state index in [2.05, 4.69) is 4.74 Å². The lowest BCUT2D eigenvalue weighted by Crippen LogP contribution is -2.36. The fourth-order valence-corrected chi connectivity index (χ4v) is 1.26. The fraction of sp³-hybridized carbons (Fsp3) is 0.300. The lowest BCUT2D eigenvalue weighted by atomic mass is 10.0. The third-order valence-electron chi connectivity index (χ3n) is 2.08. The van der Waals surface area contributed by atoms with Gasteiger partial charge in [0.2, 0.25) is 0 Å². The van der Waals surface area contributed by atoms with E-state index in [1.807, 2.05) is 0 Å².